The van der Waals surface area contributed by atoms with Gasteiger partial charge in [0.2, 0.25) is 0 Å². The van der Waals surface area contributed by atoms with Crippen LogP contribution >= 0.6 is 0 Å². The third-order valence-corrected chi connectivity index (χ3v) is 4.74. The summed E-state index contributed by atoms with van der Waals surface area (Å²) < 4.78 is 1.54. The Bertz CT molecular complexity index is 672. The normalized spacial score (nSPS) is 18.7. The zero-order valence-electron chi connectivity index (χ0n) is 13.2. The van der Waals surface area contributed by atoms with E-state index in [1.807, 2.05) is 13.8 Å². The minimum absolute atomic E-state index is 0.183. The second-order valence-electron chi connectivity index (χ2n) is 6.21. The van der Waals surface area contributed by atoms with Gasteiger partial charge in [-0.2, -0.15) is 0 Å². The van der Waals surface area contributed by atoms with Crippen LogP contribution in [-0.2, 0) is 18.6 Å². The van der Waals surface area contributed by atoms with Crippen LogP contribution in [0.15, 0.2) is 4.79 Å². The van der Waals surface area contributed by atoms with Crippen molar-refractivity contribution in [1.82, 2.24) is 15.2 Å². The van der Waals surface area contributed by atoms with Crippen LogP contribution in [0.25, 0.3) is 0 Å². The number of fused-ring (bicyclic) bond motifs is 3. The minimum atomic E-state index is -0.690. The lowest BCUT2D eigenvalue weighted by atomic mass is 9.96. The van der Waals surface area contributed by atoms with Crippen molar-refractivity contribution < 1.29 is 9.90 Å². The summed E-state index contributed by atoms with van der Waals surface area (Å²) in [6.07, 6.45) is 3.74. The number of carbonyl (C=O) groups excluding carboxylic acids is 1. The Morgan fingerprint density at radius 1 is 1.18 bits per heavy atom. The van der Waals surface area contributed by atoms with Crippen LogP contribution in [0.1, 0.15) is 61.1 Å². The van der Waals surface area contributed by atoms with Gasteiger partial charge < -0.3 is 15.7 Å². The van der Waals surface area contributed by atoms with Gasteiger partial charge in [-0.25, -0.2) is 0 Å². The fraction of sp³-hybridized carbons (Fsp3) is 0.625. The van der Waals surface area contributed by atoms with Crippen molar-refractivity contribution in [3.63, 3.8) is 0 Å². The molecule has 6 heteroatoms. The molecule has 3 heterocycles. The van der Waals surface area contributed by atoms with E-state index in [2.05, 4.69) is 10.6 Å². The SMILES string of the molecule is CCCC1(CCC)NC(=O)c2c3c(c(O)c(=O)n21)CNCC3. The molecule has 6 nitrogen and oxygen atoms in total. The molecule has 120 valence electrons. The first-order valence-electron chi connectivity index (χ1n) is 8.09. The Hall–Kier alpha value is -1.82. The molecular formula is C16H23N3O3. The van der Waals surface area contributed by atoms with Crippen molar-refractivity contribution >= 4 is 5.91 Å². The fourth-order valence-electron chi connectivity index (χ4n) is 3.92. The number of amides is 1. The van der Waals surface area contributed by atoms with Crippen LogP contribution in [0.4, 0.5) is 0 Å². The third kappa shape index (κ3) is 1.97. The molecule has 0 radical (unpaired) electrons. The van der Waals surface area contributed by atoms with Crippen molar-refractivity contribution in [3.05, 3.63) is 27.2 Å². The van der Waals surface area contributed by atoms with Crippen LogP contribution in [0, 0.1) is 0 Å². The number of carbonyl (C=O) groups is 1. The van der Waals surface area contributed by atoms with Crippen molar-refractivity contribution in [2.75, 3.05) is 6.54 Å². The molecule has 0 bridgehead atoms. The van der Waals surface area contributed by atoms with Gasteiger partial charge in [-0.15, -0.1) is 0 Å². The molecule has 0 fully saturated rings. The number of rotatable bonds is 4. The van der Waals surface area contributed by atoms with Gasteiger partial charge >= 0.3 is 0 Å². The molecular weight excluding hydrogens is 282 g/mol. The van der Waals surface area contributed by atoms with E-state index in [0.29, 0.717) is 37.1 Å². The largest absolute Gasteiger partial charge is 0.503 e. The average Bonchev–Trinajstić information content (AvgIpc) is 2.78. The van der Waals surface area contributed by atoms with Gasteiger partial charge in [0.05, 0.1) is 0 Å². The molecule has 1 aromatic heterocycles. The molecule has 2 aliphatic rings. The van der Waals surface area contributed by atoms with Crippen LogP contribution < -0.4 is 16.2 Å². The molecule has 3 rings (SSSR count). The molecule has 22 heavy (non-hydrogen) atoms. The molecule has 0 aromatic carbocycles. The maximum Gasteiger partial charge on any atom is 0.295 e. The lowest BCUT2D eigenvalue weighted by molar-refractivity contribution is 0.0899. The van der Waals surface area contributed by atoms with Gasteiger partial charge in [-0.3, -0.25) is 14.2 Å². The van der Waals surface area contributed by atoms with Gasteiger partial charge in [0.15, 0.2) is 5.75 Å². The van der Waals surface area contributed by atoms with E-state index in [1.54, 1.807) is 4.57 Å². The molecule has 0 unspecified atom stereocenters. The highest BCUT2D eigenvalue weighted by molar-refractivity contribution is 5.97. The number of pyridine rings is 1. The number of nitrogens with one attached hydrogen (secondary N) is 2. The molecule has 1 aromatic rings. The second-order valence-corrected chi connectivity index (χ2v) is 6.21. The molecule has 0 saturated carbocycles. The van der Waals surface area contributed by atoms with E-state index in [4.69, 9.17) is 0 Å². The summed E-state index contributed by atoms with van der Waals surface area (Å²) in [6.45, 7) is 5.26. The summed E-state index contributed by atoms with van der Waals surface area (Å²) in [5.74, 6) is -0.392. The third-order valence-electron chi connectivity index (χ3n) is 4.74. The van der Waals surface area contributed by atoms with Crippen molar-refractivity contribution in [2.45, 2.75) is 58.2 Å². The molecule has 0 atom stereocenters. The topological polar surface area (TPSA) is 83.4 Å². The zero-order chi connectivity index (χ0) is 15.9. The van der Waals surface area contributed by atoms with Gasteiger partial charge in [-0.1, -0.05) is 26.7 Å². The van der Waals surface area contributed by atoms with Gasteiger partial charge in [0, 0.05) is 12.1 Å². The highest BCUT2D eigenvalue weighted by Gasteiger charge is 2.45. The van der Waals surface area contributed by atoms with E-state index < -0.39 is 11.2 Å². The highest BCUT2D eigenvalue weighted by Crippen LogP contribution is 2.35. The van der Waals surface area contributed by atoms with E-state index in [9.17, 15) is 14.7 Å². The molecule has 0 spiro atoms. The highest BCUT2D eigenvalue weighted by atomic mass is 16.3. The molecule has 0 aliphatic carbocycles. The monoisotopic (exact) mass is 305 g/mol. The van der Waals surface area contributed by atoms with E-state index in [1.165, 1.54) is 0 Å². The quantitative estimate of drug-likeness (QED) is 0.780. The minimum Gasteiger partial charge on any atom is -0.503 e. The fourth-order valence-corrected chi connectivity index (χ4v) is 3.92. The van der Waals surface area contributed by atoms with Crippen LogP contribution in [0.3, 0.4) is 0 Å². The maximum absolute atomic E-state index is 12.7. The standard InChI is InChI=1S/C16H23N3O3/c1-3-6-16(7-4-2)18-14(21)12-10-5-8-17-9-11(10)13(20)15(22)19(12)16/h17,20H,3-9H2,1-2H3,(H,18,21). The molecule has 0 saturated heterocycles. The number of hydrogen-bond donors (Lipinski definition) is 3. The predicted octanol–water partition coefficient (Wildman–Crippen LogP) is 1.20. The molecule has 2 aliphatic heterocycles. The summed E-state index contributed by atoms with van der Waals surface area (Å²) in [5.41, 5.74) is 0.729. The zero-order valence-corrected chi connectivity index (χ0v) is 13.2. The van der Waals surface area contributed by atoms with Crippen molar-refractivity contribution in [1.29, 1.82) is 0 Å². The Balaban J connectivity index is 2.31. The summed E-state index contributed by atoms with van der Waals surface area (Å²) in [5, 5.41) is 16.5. The van der Waals surface area contributed by atoms with E-state index in [0.717, 1.165) is 24.9 Å². The smallest absolute Gasteiger partial charge is 0.295 e. The van der Waals surface area contributed by atoms with Crippen LogP contribution in [0.5, 0.6) is 5.75 Å². The van der Waals surface area contributed by atoms with Crippen molar-refractivity contribution in [2.24, 2.45) is 0 Å². The van der Waals surface area contributed by atoms with Gasteiger partial charge in [0.25, 0.3) is 11.5 Å². The van der Waals surface area contributed by atoms with Crippen molar-refractivity contribution in [3.8, 4) is 5.75 Å². The van der Waals surface area contributed by atoms with Gasteiger partial charge in [0.1, 0.15) is 11.4 Å². The Morgan fingerprint density at radius 3 is 2.50 bits per heavy atom. The average molecular weight is 305 g/mol. The first-order valence-corrected chi connectivity index (χ1v) is 8.09. The summed E-state index contributed by atoms with van der Waals surface area (Å²) in [6, 6.07) is 0. The summed E-state index contributed by atoms with van der Waals surface area (Å²) in [7, 11) is 0. The van der Waals surface area contributed by atoms with E-state index in [-0.39, 0.29) is 11.7 Å². The molecule has 3 N–H and O–H groups in total. The predicted molar refractivity (Wildman–Crippen MR) is 83.0 cm³/mol. The first-order chi connectivity index (χ1) is 10.6. The first kappa shape index (κ1) is 15.1. The van der Waals surface area contributed by atoms with Gasteiger partial charge in [-0.05, 0) is 31.4 Å². The maximum atomic E-state index is 12.7. The number of aromatic hydroxyl groups is 1. The molecule has 1 amide bonds. The second kappa shape index (κ2) is 5.43. The Morgan fingerprint density at radius 2 is 1.86 bits per heavy atom. The summed E-state index contributed by atoms with van der Waals surface area (Å²) in [4.78, 5) is 25.3. The number of aromatic nitrogens is 1. The number of nitrogens with zero attached hydrogens (tertiary/aromatic N) is 1. The van der Waals surface area contributed by atoms with Crippen LogP contribution in [0.2, 0.25) is 0 Å². The number of hydrogen-bond acceptors (Lipinski definition) is 4. The summed E-state index contributed by atoms with van der Waals surface area (Å²) >= 11 is 0. The van der Waals surface area contributed by atoms with E-state index >= 15 is 0 Å². The Labute approximate surface area is 129 Å². The van der Waals surface area contributed by atoms with Crippen LogP contribution in [-0.4, -0.2) is 22.1 Å². The lowest BCUT2D eigenvalue weighted by Crippen LogP contribution is -2.47. The Kier molecular flexibility index (Phi) is 3.72. The lowest BCUT2D eigenvalue weighted by Gasteiger charge is -2.32.